The Morgan fingerprint density at radius 2 is 1.80 bits per heavy atom. The van der Waals surface area contributed by atoms with Crippen LogP contribution in [0.4, 0.5) is 4.79 Å². The Bertz CT molecular complexity index is 848. The van der Waals surface area contributed by atoms with Crippen molar-refractivity contribution in [3.8, 4) is 0 Å². The molecule has 0 bridgehead atoms. The fourth-order valence-corrected chi connectivity index (χ4v) is 4.68. The zero-order valence-corrected chi connectivity index (χ0v) is 18.9. The Morgan fingerprint density at radius 3 is 2.33 bits per heavy atom. The number of rotatable bonds is 4. The number of carbonyl (C=O) groups excluding carboxylic acids is 3. The van der Waals surface area contributed by atoms with Gasteiger partial charge in [0.15, 0.2) is 0 Å². The van der Waals surface area contributed by atoms with Gasteiger partial charge in [0.2, 0.25) is 0 Å². The van der Waals surface area contributed by atoms with E-state index in [9.17, 15) is 14.4 Å². The van der Waals surface area contributed by atoms with Crippen LogP contribution in [0.15, 0.2) is 24.3 Å². The number of nitrogens with zero attached hydrogens (tertiary/aromatic N) is 2. The lowest BCUT2D eigenvalue weighted by Crippen LogP contribution is -2.55. The maximum atomic E-state index is 13.2. The third-order valence-corrected chi connectivity index (χ3v) is 6.30. The van der Waals surface area contributed by atoms with Crippen LogP contribution < -0.4 is 5.32 Å². The molecule has 3 rings (SSSR count). The zero-order valence-electron chi connectivity index (χ0n) is 18.9. The van der Waals surface area contributed by atoms with Crippen LogP contribution in [0.5, 0.6) is 0 Å². The summed E-state index contributed by atoms with van der Waals surface area (Å²) in [5, 5.41) is 2.89. The van der Waals surface area contributed by atoms with E-state index >= 15 is 0 Å². The number of imide groups is 1. The lowest BCUT2D eigenvalue weighted by atomic mass is 9.68. The smallest absolute Gasteiger partial charge is 0.326 e. The normalized spacial score (nSPS) is 27.0. The highest BCUT2D eigenvalue weighted by Crippen LogP contribution is 2.46. The Kier molecular flexibility index (Phi) is 5.71. The van der Waals surface area contributed by atoms with Gasteiger partial charge in [-0.3, -0.25) is 19.4 Å². The summed E-state index contributed by atoms with van der Waals surface area (Å²) in [6.45, 7) is 6.98. The molecule has 1 saturated heterocycles. The molecule has 1 heterocycles. The number of benzene rings is 1. The topological polar surface area (TPSA) is 79.0 Å². The molecule has 7 nitrogen and oxygen atoms in total. The number of hydrogen-bond acceptors (Lipinski definition) is 5. The van der Waals surface area contributed by atoms with Crippen LogP contribution in [0.25, 0.3) is 0 Å². The van der Waals surface area contributed by atoms with E-state index in [2.05, 4.69) is 55.5 Å². The van der Waals surface area contributed by atoms with Crippen molar-refractivity contribution in [1.29, 1.82) is 0 Å². The van der Waals surface area contributed by atoms with Gasteiger partial charge in [-0.2, -0.15) is 0 Å². The summed E-state index contributed by atoms with van der Waals surface area (Å²) in [5.41, 5.74) is 0.619. The molecule has 1 aliphatic carbocycles. The van der Waals surface area contributed by atoms with Crippen LogP contribution in [-0.4, -0.2) is 59.5 Å². The zero-order chi connectivity index (χ0) is 22.3. The van der Waals surface area contributed by atoms with Crippen molar-refractivity contribution >= 4 is 17.9 Å². The van der Waals surface area contributed by atoms with Crippen molar-refractivity contribution in [1.82, 2.24) is 15.1 Å². The van der Waals surface area contributed by atoms with Gasteiger partial charge < -0.3 is 10.1 Å². The van der Waals surface area contributed by atoms with Gasteiger partial charge in [0, 0.05) is 5.54 Å². The molecule has 1 N–H and O–H groups in total. The van der Waals surface area contributed by atoms with Crippen molar-refractivity contribution in [2.75, 3.05) is 20.6 Å². The highest BCUT2D eigenvalue weighted by Gasteiger charge is 2.56. The summed E-state index contributed by atoms with van der Waals surface area (Å²) in [6.07, 6.45) is 2.51. The molecule has 3 amide bonds. The summed E-state index contributed by atoms with van der Waals surface area (Å²) in [5.74, 6) is -0.906. The summed E-state index contributed by atoms with van der Waals surface area (Å²) >= 11 is 0. The number of urea groups is 1. The molecule has 1 aliphatic heterocycles. The number of esters is 1. The molecule has 2 fully saturated rings. The number of aryl methyl sites for hydroxylation is 1. The van der Waals surface area contributed by atoms with Crippen LogP contribution in [0.1, 0.15) is 57.6 Å². The van der Waals surface area contributed by atoms with Crippen molar-refractivity contribution in [3.63, 3.8) is 0 Å². The first-order valence-corrected chi connectivity index (χ1v) is 10.5. The first-order valence-electron chi connectivity index (χ1n) is 10.5. The van der Waals surface area contributed by atoms with E-state index in [-0.39, 0.29) is 18.0 Å². The Labute approximate surface area is 178 Å². The number of amides is 3. The van der Waals surface area contributed by atoms with Gasteiger partial charge in [0.1, 0.15) is 17.7 Å². The predicted octanol–water partition coefficient (Wildman–Crippen LogP) is 2.96. The van der Waals surface area contributed by atoms with Crippen molar-refractivity contribution in [2.24, 2.45) is 0 Å². The third-order valence-electron chi connectivity index (χ3n) is 6.30. The van der Waals surface area contributed by atoms with Crippen molar-refractivity contribution in [3.05, 3.63) is 35.4 Å². The fourth-order valence-electron chi connectivity index (χ4n) is 4.68. The van der Waals surface area contributed by atoms with E-state index < -0.39 is 23.1 Å². The molecule has 1 aromatic rings. The molecule has 1 saturated carbocycles. The minimum absolute atomic E-state index is 0.194. The molecule has 0 atom stereocenters. The van der Waals surface area contributed by atoms with Gasteiger partial charge in [-0.15, -0.1) is 0 Å². The molecule has 0 radical (unpaired) electrons. The summed E-state index contributed by atoms with van der Waals surface area (Å²) < 4.78 is 5.29. The number of ether oxygens (including phenoxy) is 1. The molecule has 2 aliphatic rings. The third kappa shape index (κ3) is 4.08. The van der Waals surface area contributed by atoms with Gasteiger partial charge in [0.05, 0.1) is 0 Å². The summed E-state index contributed by atoms with van der Waals surface area (Å²) in [7, 11) is 4.12. The number of nitrogens with one attached hydrogen (secondary N) is 1. The van der Waals surface area contributed by atoms with Gasteiger partial charge in [-0.25, -0.2) is 4.79 Å². The van der Waals surface area contributed by atoms with Crippen LogP contribution in [-0.2, 0) is 19.9 Å². The average molecular weight is 416 g/mol. The van der Waals surface area contributed by atoms with Crippen LogP contribution in [0.3, 0.4) is 0 Å². The Morgan fingerprint density at radius 1 is 1.17 bits per heavy atom. The first kappa shape index (κ1) is 22.3. The summed E-state index contributed by atoms with van der Waals surface area (Å²) in [6, 6.07) is 7.95. The van der Waals surface area contributed by atoms with E-state index in [4.69, 9.17) is 4.74 Å². The SMILES string of the molecule is Cc1cccc([C@]2(N(C)C)CC[C@]3(CC2)NC(=O)N(CC(=O)OC(C)(C)C)C3=O)c1. The second-order valence-electron chi connectivity index (χ2n) is 9.79. The standard InChI is InChI=1S/C23H33N3O4/c1-16-8-7-9-17(14-16)23(25(5)6)12-10-22(11-13-23)19(28)26(20(29)24-22)15-18(27)30-21(2,3)4/h7-9,14H,10-13,15H2,1-6H3,(H,24,29)/t22-,23+. The van der Waals surface area contributed by atoms with E-state index in [0.29, 0.717) is 12.8 Å². The van der Waals surface area contributed by atoms with Gasteiger partial charge in [0.25, 0.3) is 5.91 Å². The van der Waals surface area contributed by atoms with Gasteiger partial charge in [-0.05, 0) is 73.0 Å². The van der Waals surface area contributed by atoms with E-state index in [1.165, 1.54) is 11.1 Å². The lowest BCUT2D eigenvalue weighted by Gasteiger charge is -2.48. The quantitative estimate of drug-likeness (QED) is 0.604. The highest BCUT2D eigenvalue weighted by molar-refractivity contribution is 6.08. The first-order chi connectivity index (χ1) is 13.9. The van der Waals surface area contributed by atoms with Crippen LogP contribution >= 0.6 is 0 Å². The Balaban J connectivity index is 1.77. The second-order valence-corrected chi connectivity index (χ2v) is 9.79. The number of carbonyl (C=O) groups is 3. The molecule has 0 aromatic heterocycles. The maximum absolute atomic E-state index is 13.2. The highest BCUT2D eigenvalue weighted by atomic mass is 16.6. The second kappa shape index (κ2) is 7.69. The van der Waals surface area contributed by atoms with E-state index in [1.54, 1.807) is 20.8 Å². The monoisotopic (exact) mass is 415 g/mol. The fraction of sp³-hybridized carbons (Fsp3) is 0.609. The lowest BCUT2D eigenvalue weighted by molar-refractivity contribution is -0.157. The molecular formula is C23H33N3O4. The Hall–Kier alpha value is -2.41. The van der Waals surface area contributed by atoms with Crippen LogP contribution in [0.2, 0.25) is 0 Å². The van der Waals surface area contributed by atoms with Gasteiger partial charge >= 0.3 is 12.0 Å². The van der Waals surface area contributed by atoms with Crippen molar-refractivity contribution < 1.29 is 19.1 Å². The van der Waals surface area contributed by atoms with Crippen molar-refractivity contribution in [2.45, 2.75) is 70.1 Å². The number of hydrogen-bond donors (Lipinski definition) is 1. The van der Waals surface area contributed by atoms with E-state index in [0.717, 1.165) is 17.7 Å². The molecule has 1 spiro atoms. The molecule has 0 unspecified atom stereocenters. The predicted molar refractivity (Wildman–Crippen MR) is 114 cm³/mol. The largest absolute Gasteiger partial charge is 0.459 e. The maximum Gasteiger partial charge on any atom is 0.326 e. The minimum atomic E-state index is -0.942. The summed E-state index contributed by atoms with van der Waals surface area (Å²) in [4.78, 5) is 41.1. The van der Waals surface area contributed by atoms with Crippen LogP contribution in [0, 0.1) is 6.92 Å². The minimum Gasteiger partial charge on any atom is -0.459 e. The molecule has 7 heteroatoms. The van der Waals surface area contributed by atoms with Gasteiger partial charge in [-0.1, -0.05) is 29.8 Å². The van der Waals surface area contributed by atoms with E-state index in [1.807, 2.05) is 0 Å². The molecular weight excluding hydrogens is 382 g/mol. The molecule has 164 valence electrons. The molecule has 30 heavy (non-hydrogen) atoms. The molecule has 1 aromatic carbocycles. The average Bonchev–Trinajstić information content (AvgIpc) is 2.85.